The summed E-state index contributed by atoms with van der Waals surface area (Å²) >= 11 is 0. The number of unbranched alkanes of at least 4 members (excludes halogenated alkanes) is 2. The smallest absolute Gasteiger partial charge is 0.308 e. The Bertz CT molecular complexity index is 278. The lowest BCUT2D eigenvalue weighted by Crippen LogP contribution is -2.42. The van der Waals surface area contributed by atoms with Crippen LogP contribution in [0.4, 0.5) is 0 Å². The zero-order valence-electron chi connectivity index (χ0n) is 11.3. The van der Waals surface area contributed by atoms with Crippen molar-refractivity contribution in [3.63, 3.8) is 0 Å². The maximum absolute atomic E-state index is 11.8. The first kappa shape index (κ1) is 15.0. The van der Waals surface area contributed by atoms with E-state index in [1.807, 2.05) is 0 Å². The minimum atomic E-state index is -0.768. The van der Waals surface area contributed by atoms with Crippen LogP contribution < -0.4 is 5.32 Å². The molecule has 0 aromatic heterocycles. The highest BCUT2D eigenvalue weighted by Gasteiger charge is 2.30. The Morgan fingerprint density at radius 2 is 1.89 bits per heavy atom. The highest BCUT2D eigenvalue weighted by molar-refractivity contribution is 5.78. The highest BCUT2D eigenvalue weighted by atomic mass is 16.4. The van der Waals surface area contributed by atoms with Crippen molar-refractivity contribution in [1.29, 1.82) is 0 Å². The second-order valence-electron chi connectivity index (χ2n) is 5.21. The topological polar surface area (TPSA) is 66.4 Å². The van der Waals surface area contributed by atoms with Gasteiger partial charge in [-0.3, -0.25) is 9.59 Å². The molecule has 18 heavy (non-hydrogen) atoms. The van der Waals surface area contributed by atoms with Crippen LogP contribution >= 0.6 is 0 Å². The van der Waals surface area contributed by atoms with E-state index in [4.69, 9.17) is 0 Å². The molecule has 1 fully saturated rings. The second-order valence-corrected chi connectivity index (χ2v) is 5.21. The molecule has 104 valence electrons. The predicted octanol–water partition coefficient (Wildman–Crippen LogP) is 2.72. The molecule has 0 aromatic rings. The Hall–Kier alpha value is -1.06. The molecule has 0 aromatic carbocycles. The van der Waals surface area contributed by atoms with E-state index in [0.717, 1.165) is 44.9 Å². The van der Waals surface area contributed by atoms with E-state index < -0.39 is 11.9 Å². The molecular formula is C14H25NO3. The maximum Gasteiger partial charge on any atom is 0.308 e. The van der Waals surface area contributed by atoms with Crippen molar-refractivity contribution in [1.82, 2.24) is 5.32 Å². The molecule has 4 nitrogen and oxygen atoms in total. The number of hydrogen-bond acceptors (Lipinski definition) is 2. The van der Waals surface area contributed by atoms with Crippen LogP contribution in [0, 0.1) is 5.92 Å². The van der Waals surface area contributed by atoms with Crippen LogP contribution in [0.25, 0.3) is 0 Å². The minimum absolute atomic E-state index is 0.0154. The fourth-order valence-corrected chi connectivity index (χ4v) is 2.59. The van der Waals surface area contributed by atoms with Crippen molar-refractivity contribution in [2.24, 2.45) is 5.92 Å². The Balaban J connectivity index is 2.44. The van der Waals surface area contributed by atoms with Gasteiger partial charge < -0.3 is 10.4 Å². The second kappa shape index (κ2) is 8.11. The van der Waals surface area contributed by atoms with Crippen LogP contribution in [-0.2, 0) is 9.59 Å². The summed E-state index contributed by atoms with van der Waals surface area (Å²) in [4.78, 5) is 23.0. The van der Waals surface area contributed by atoms with Gasteiger partial charge in [0, 0.05) is 12.5 Å². The largest absolute Gasteiger partial charge is 0.481 e. The molecule has 1 saturated carbocycles. The summed E-state index contributed by atoms with van der Waals surface area (Å²) in [5, 5.41) is 12.1. The highest BCUT2D eigenvalue weighted by Crippen LogP contribution is 2.24. The zero-order chi connectivity index (χ0) is 13.4. The van der Waals surface area contributed by atoms with E-state index in [-0.39, 0.29) is 11.9 Å². The molecule has 0 saturated heterocycles. The molecule has 1 aliphatic carbocycles. The summed E-state index contributed by atoms with van der Waals surface area (Å²) in [5.74, 6) is -1.15. The summed E-state index contributed by atoms with van der Waals surface area (Å²) < 4.78 is 0. The SMILES string of the molecule is CCCCCC(=O)NC1CCCCCC1C(=O)O. The quantitative estimate of drug-likeness (QED) is 0.566. The van der Waals surface area contributed by atoms with Crippen molar-refractivity contribution < 1.29 is 14.7 Å². The van der Waals surface area contributed by atoms with Crippen molar-refractivity contribution >= 4 is 11.9 Å². The first-order valence-electron chi connectivity index (χ1n) is 7.17. The van der Waals surface area contributed by atoms with Crippen LogP contribution in [0.2, 0.25) is 0 Å². The number of carbonyl (C=O) groups excluding carboxylic acids is 1. The van der Waals surface area contributed by atoms with Crippen molar-refractivity contribution in [3.8, 4) is 0 Å². The summed E-state index contributed by atoms with van der Waals surface area (Å²) in [6, 6.07) is -0.167. The van der Waals surface area contributed by atoms with Crippen molar-refractivity contribution in [3.05, 3.63) is 0 Å². The van der Waals surface area contributed by atoms with Crippen LogP contribution in [0.15, 0.2) is 0 Å². The van der Waals surface area contributed by atoms with E-state index >= 15 is 0 Å². The average molecular weight is 255 g/mol. The molecule has 1 amide bonds. The third-order valence-corrected chi connectivity index (χ3v) is 3.69. The lowest BCUT2D eigenvalue weighted by molar-refractivity contribution is -0.143. The van der Waals surface area contributed by atoms with Crippen LogP contribution in [0.3, 0.4) is 0 Å². The molecular weight excluding hydrogens is 230 g/mol. The minimum Gasteiger partial charge on any atom is -0.481 e. The molecule has 2 unspecified atom stereocenters. The van der Waals surface area contributed by atoms with E-state index in [1.54, 1.807) is 0 Å². The van der Waals surface area contributed by atoms with Gasteiger partial charge in [0.15, 0.2) is 0 Å². The number of amides is 1. The van der Waals surface area contributed by atoms with Gasteiger partial charge in [-0.25, -0.2) is 0 Å². The van der Waals surface area contributed by atoms with Crippen LogP contribution in [0.1, 0.15) is 64.7 Å². The molecule has 1 rings (SSSR count). The van der Waals surface area contributed by atoms with Gasteiger partial charge in [-0.05, 0) is 19.3 Å². The van der Waals surface area contributed by atoms with Gasteiger partial charge in [-0.15, -0.1) is 0 Å². The van der Waals surface area contributed by atoms with Crippen LogP contribution in [-0.4, -0.2) is 23.0 Å². The Morgan fingerprint density at radius 1 is 1.17 bits per heavy atom. The summed E-state index contributed by atoms with van der Waals surface area (Å²) in [6.07, 6.45) is 8.11. The number of hydrogen-bond donors (Lipinski definition) is 2. The molecule has 0 spiro atoms. The molecule has 4 heteroatoms. The van der Waals surface area contributed by atoms with E-state index in [9.17, 15) is 14.7 Å². The lowest BCUT2D eigenvalue weighted by Gasteiger charge is -2.22. The number of carboxylic acids is 1. The molecule has 0 radical (unpaired) electrons. The number of aliphatic carboxylic acids is 1. The first-order valence-corrected chi connectivity index (χ1v) is 7.17. The number of carboxylic acid groups (broad SMARTS) is 1. The number of rotatable bonds is 6. The van der Waals surface area contributed by atoms with Gasteiger partial charge in [0.25, 0.3) is 0 Å². The van der Waals surface area contributed by atoms with Gasteiger partial charge in [0.05, 0.1) is 5.92 Å². The average Bonchev–Trinajstić information content (AvgIpc) is 2.55. The number of nitrogens with one attached hydrogen (secondary N) is 1. The van der Waals surface area contributed by atoms with Crippen molar-refractivity contribution in [2.75, 3.05) is 0 Å². The fraction of sp³-hybridized carbons (Fsp3) is 0.857. The van der Waals surface area contributed by atoms with E-state index in [1.165, 1.54) is 0 Å². The normalized spacial score (nSPS) is 24.3. The summed E-state index contributed by atoms with van der Waals surface area (Å²) in [7, 11) is 0. The monoisotopic (exact) mass is 255 g/mol. The molecule has 2 atom stereocenters. The first-order chi connectivity index (χ1) is 8.65. The summed E-state index contributed by atoms with van der Waals surface area (Å²) in [5.41, 5.74) is 0. The lowest BCUT2D eigenvalue weighted by atomic mass is 9.94. The molecule has 0 heterocycles. The number of carbonyl (C=O) groups is 2. The van der Waals surface area contributed by atoms with Gasteiger partial charge in [0.2, 0.25) is 5.91 Å². The van der Waals surface area contributed by atoms with Gasteiger partial charge in [-0.1, -0.05) is 39.0 Å². The predicted molar refractivity (Wildman–Crippen MR) is 70.3 cm³/mol. The summed E-state index contributed by atoms with van der Waals surface area (Å²) in [6.45, 7) is 2.10. The molecule has 1 aliphatic rings. The fourth-order valence-electron chi connectivity index (χ4n) is 2.59. The Morgan fingerprint density at radius 3 is 2.56 bits per heavy atom. The molecule has 0 aliphatic heterocycles. The van der Waals surface area contributed by atoms with Crippen molar-refractivity contribution in [2.45, 2.75) is 70.8 Å². The van der Waals surface area contributed by atoms with Crippen LogP contribution in [0.5, 0.6) is 0 Å². The van der Waals surface area contributed by atoms with E-state index in [2.05, 4.69) is 12.2 Å². The Labute approximate surface area is 109 Å². The Kier molecular flexibility index (Phi) is 6.76. The molecule has 2 N–H and O–H groups in total. The van der Waals surface area contributed by atoms with Gasteiger partial charge in [0.1, 0.15) is 0 Å². The third-order valence-electron chi connectivity index (χ3n) is 3.69. The van der Waals surface area contributed by atoms with Gasteiger partial charge in [-0.2, -0.15) is 0 Å². The zero-order valence-corrected chi connectivity index (χ0v) is 11.3. The maximum atomic E-state index is 11.8. The third kappa shape index (κ3) is 5.07. The van der Waals surface area contributed by atoms with E-state index in [0.29, 0.717) is 12.8 Å². The standard InChI is InChI=1S/C14H25NO3/c1-2-3-5-10-13(16)15-12-9-7-4-6-8-11(12)14(17)18/h11-12H,2-10H2,1H3,(H,15,16)(H,17,18). The molecule has 0 bridgehead atoms. The van der Waals surface area contributed by atoms with Gasteiger partial charge >= 0.3 is 5.97 Å².